The smallest absolute Gasteiger partial charge is 0.228 e. The average Bonchev–Trinajstić information content (AvgIpc) is 2.87. The number of aromatic nitrogens is 2. The van der Waals surface area contributed by atoms with E-state index in [9.17, 15) is 10.1 Å². The first-order valence-corrected chi connectivity index (χ1v) is 7.56. The summed E-state index contributed by atoms with van der Waals surface area (Å²) >= 11 is 1.46. The third kappa shape index (κ3) is 3.86. The van der Waals surface area contributed by atoms with Crippen LogP contribution in [0.2, 0.25) is 0 Å². The molecule has 0 saturated carbocycles. The van der Waals surface area contributed by atoms with E-state index in [0.717, 1.165) is 11.3 Å². The zero-order valence-electron chi connectivity index (χ0n) is 11.9. The predicted octanol–water partition coefficient (Wildman–Crippen LogP) is 3.17. The highest BCUT2D eigenvalue weighted by atomic mass is 32.2. The molecule has 1 aromatic heterocycles. The second-order valence-corrected chi connectivity index (χ2v) is 5.77. The topological polar surface area (TPSA) is 81.6 Å². The Morgan fingerprint density at radius 3 is 2.76 bits per heavy atom. The molecule has 1 aromatic carbocycles. The Hall–Kier alpha value is -2.26. The van der Waals surface area contributed by atoms with Gasteiger partial charge in [0.05, 0.1) is 0 Å². The van der Waals surface area contributed by atoms with E-state index in [4.69, 9.17) is 0 Å². The lowest BCUT2D eigenvalue weighted by Crippen LogP contribution is -2.18. The van der Waals surface area contributed by atoms with Crippen LogP contribution in [0.5, 0.6) is 0 Å². The van der Waals surface area contributed by atoms with Crippen molar-refractivity contribution in [2.24, 2.45) is 5.92 Å². The van der Waals surface area contributed by atoms with Crippen molar-refractivity contribution in [3.63, 3.8) is 0 Å². The molecule has 2 rings (SSSR count). The second kappa shape index (κ2) is 6.95. The highest BCUT2D eigenvalue weighted by Gasteiger charge is 2.17. The van der Waals surface area contributed by atoms with Gasteiger partial charge in [-0.25, -0.2) is 0 Å². The summed E-state index contributed by atoms with van der Waals surface area (Å²) in [6, 6.07) is 12.0. The number of benzene rings is 1. The van der Waals surface area contributed by atoms with Crippen molar-refractivity contribution in [3.8, 4) is 6.07 Å². The molecule has 0 spiro atoms. The first-order valence-electron chi connectivity index (χ1n) is 6.58. The minimum Gasteiger partial charge on any atom is -0.310 e. The summed E-state index contributed by atoms with van der Waals surface area (Å²) in [7, 11) is 0. The molecule has 0 bridgehead atoms. The van der Waals surface area contributed by atoms with Crippen molar-refractivity contribution < 1.29 is 4.79 Å². The van der Waals surface area contributed by atoms with Crippen LogP contribution in [0, 0.1) is 17.2 Å². The van der Waals surface area contributed by atoms with Crippen LogP contribution < -0.4 is 5.32 Å². The third-order valence-corrected chi connectivity index (χ3v) is 3.88. The van der Waals surface area contributed by atoms with Gasteiger partial charge in [-0.1, -0.05) is 55.9 Å². The zero-order chi connectivity index (χ0) is 15.2. The standard InChI is InChI=1S/C15H16N4OS/c1-10(2)14(20)17-13-12(8-16)15(19-18-13)21-9-11-6-4-3-5-7-11/h3-7,10H,9H2,1-2H3,(H2,17,18,19,20). The van der Waals surface area contributed by atoms with Gasteiger partial charge in [0, 0.05) is 11.7 Å². The average molecular weight is 300 g/mol. The first kappa shape index (κ1) is 15.1. The summed E-state index contributed by atoms with van der Waals surface area (Å²) < 4.78 is 0. The van der Waals surface area contributed by atoms with Gasteiger partial charge in [-0.3, -0.25) is 9.89 Å². The summed E-state index contributed by atoms with van der Waals surface area (Å²) in [6.07, 6.45) is 0. The van der Waals surface area contributed by atoms with E-state index < -0.39 is 0 Å². The normalized spacial score (nSPS) is 10.4. The number of carbonyl (C=O) groups excluding carboxylic acids is 1. The van der Waals surface area contributed by atoms with Gasteiger partial charge in [0.25, 0.3) is 0 Å². The summed E-state index contributed by atoms with van der Waals surface area (Å²) in [4.78, 5) is 11.7. The number of hydrogen-bond acceptors (Lipinski definition) is 4. The highest BCUT2D eigenvalue weighted by Crippen LogP contribution is 2.28. The second-order valence-electron chi connectivity index (χ2n) is 4.81. The fourth-order valence-corrected chi connectivity index (χ4v) is 2.52. The largest absolute Gasteiger partial charge is 0.310 e. The Bertz CT molecular complexity index is 658. The van der Waals surface area contributed by atoms with Gasteiger partial charge in [0.15, 0.2) is 0 Å². The Labute approximate surface area is 127 Å². The zero-order valence-corrected chi connectivity index (χ0v) is 12.7. The van der Waals surface area contributed by atoms with Gasteiger partial charge in [0.2, 0.25) is 5.91 Å². The maximum Gasteiger partial charge on any atom is 0.228 e. The SMILES string of the molecule is CC(C)C(=O)Nc1[nH]nc(SCc2ccccc2)c1C#N. The minimum absolute atomic E-state index is 0.144. The van der Waals surface area contributed by atoms with Gasteiger partial charge in [0.1, 0.15) is 22.5 Å². The lowest BCUT2D eigenvalue weighted by atomic mass is 10.2. The Kier molecular flexibility index (Phi) is 5.01. The molecule has 1 heterocycles. The Morgan fingerprint density at radius 2 is 2.14 bits per heavy atom. The van der Waals surface area contributed by atoms with Crippen LogP contribution in [-0.2, 0) is 10.5 Å². The molecule has 0 aliphatic carbocycles. The lowest BCUT2D eigenvalue weighted by Gasteiger charge is -2.05. The van der Waals surface area contributed by atoms with Crippen LogP contribution in [0.4, 0.5) is 5.82 Å². The Morgan fingerprint density at radius 1 is 1.43 bits per heavy atom. The van der Waals surface area contributed by atoms with Crippen molar-refractivity contribution in [1.82, 2.24) is 10.2 Å². The van der Waals surface area contributed by atoms with Crippen LogP contribution in [-0.4, -0.2) is 16.1 Å². The van der Waals surface area contributed by atoms with Crippen molar-refractivity contribution in [1.29, 1.82) is 5.26 Å². The predicted molar refractivity (Wildman–Crippen MR) is 82.8 cm³/mol. The molecule has 0 radical (unpaired) electrons. The lowest BCUT2D eigenvalue weighted by molar-refractivity contribution is -0.118. The Balaban J connectivity index is 2.09. The number of nitrogens with one attached hydrogen (secondary N) is 2. The number of thioether (sulfide) groups is 1. The summed E-state index contributed by atoms with van der Waals surface area (Å²) in [5.74, 6) is 0.791. The van der Waals surface area contributed by atoms with Crippen molar-refractivity contribution in [2.75, 3.05) is 5.32 Å². The van der Waals surface area contributed by atoms with E-state index in [1.165, 1.54) is 11.8 Å². The maximum atomic E-state index is 11.7. The molecule has 21 heavy (non-hydrogen) atoms. The molecule has 0 aliphatic rings. The van der Waals surface area contributed by atoms with E-state index in [2.05, 4.69) is 21.6 Å². The van der Waals surface area contributed by atoms with Gasteiger partial charge >= 0.3 is 0 Å². The molecule has 5 nitrogen and oxygen atoms in total. The quantitative estimate of drug-likeness (QED) is 0.831. The molecule has 2 N–H and O–H groups in total. The van der Waals surface area contributed by atoms with Crippen molar-refractivity contribution in [3.05, 3.63) is 41.5 Å². The van der Waals surface area contributed by atoms with Crippen LogP contribution >= 0.6 is 11.8 Å². The number of hydrogen-bond donors (Lipinski definition) is 2. The number of carbonyl (C=O) groups is 1. The monoisotopic (exact) mass is 300 g/mol. The number of rotatable bonds is 5. The molecule has 2 aromatic rings. The van der Waals surface area contributed by atoms with E-state index in [0.29, 0.717) is 16.4 Å². The first-order chi connectivity index (χ1) is 10.1. The summed E-state index contributed by atoms with van der Waals surface area (Å²) in [5.41, 5.74) is 1.53. The number of nitriles is 1. The molecule has 6 heteroatoms. The third-order valence-electron chi connectivity index (χ3n) is 2.84. The van der Waals surface area contributed by atoms with Crippen molar-refractivity contribution >= 4 is 23.5 Å². The van der Waals surface area contributed by atoms with Gasteiger partial charge in [-0.05, 0) is 5.56 Å². The van der Waals surface area contributed by atoms with Crippen LogP contribution in [0.1, 0.15) is 25.0 Å². The maximum absolute atomic E-state index is 11.7. The summed E-state index contributed by atoms with van der Waals surface area (Å²) in [6.45, 7) is 3.59. The molecule has 108 valence electrons. The number of amides is 1. The van der Waals surface area contributed by atoms with Crippen molar-refractivity contribution in [2.45, 2.75) is 24.6 Å². The molecular weight excluding hydrogens is 284 g/mol. The molecule has 1 amide bonds. The van der Waals surface area contributed by atoms with Crippen LogP contribution in [0.25, 0.3) is 0 Å². The fourth-order valence-electron chi connectivity index (χ4n) is 1.62. The number of aromatic amines is 1. The van der Waals surface area contributed by atoms with E-state index in [1.807, 2.05) is 30.3 Å². The number of anilines is 1. The van der Waals surface area contributed by atoms with Crippen LogP contribution in [0.3, 0.4) is 0 Å². The van der Waals surface area contributed by atoms with E-state index >= 15 is 0 Å². The van der Waals surface area contributed by atoms with Gasteiger partial charge in [-0.2, -0.15) is 10.4 Å². The fraction of sp³-hybridized carbons (Fsp3) is 0.267. The molecule has 0 saturated heterocycles. The molecule has 0 fully saturated rings. The minimum atomic E-state index is -0.153. The number of H-pyrrole nitrogens is 1. The van der Waals surface area contributed by atoms with Gasteiger partial charge < -0.3 is 5.32 Å². The highest BCUT2D eigenvalue weighted by molar-refractivity contribution is 7.98. The molecule has 0 unspecified atom stereocenters. The van der Waals surface area contributed by atoms with E-state index in [-0.39, 0.29) is 11.8 Å². The van der Waals surface area contributed by atoms with E-state index in [1.54, 1.807) is 13.8 Å². The van der Waals surface area contributed by atoms with Crippen LogP contribution in [0.15, 0.2) is 35.4 Å². The molecule has 0 atom stereocenters. The van der Waals surface area contributed by atoms with Gasteiger partial charge in [-0.15, -0.1) is 0 Å². The summed E-state index contributed by atoms with van der Waals surface area (Å²) in [5, 5.41) is 19.4. The molecule has 0 aliphatic heterocycles. The molecular formula is C15H16N4OS. The number of nitrogens with zero attached hydrogens (tertiary/aromatic N) is 2.